The van der Waals surface area contributed by atoms with Gasteiger partial charge in [0.2, 0.25) is 0 Å². The van der Waals surface area contributed by atoms with Crippen LogP contribution in [0.2, 0.25) is 0 Å². The van der Waals surface area contributed by atoms with Crippen molar-refractivity contribution >= 4 is 33.3 Å². The summed E-state index contributed by atoms with van der Waals surface area (Å²) in [6.45, 7) is 1.17. The lowest BCUT2D eigenvalue weighted by Gasteiger charge is -2.20. The number of aromatic nitrogens is 2. The third kappa shape index (κ3) is 3.63. The molecule has 2 heterocycles. The van der Waals surface area contributed by atoms with Crippen LogP contribution in [0.3, 0.4) is 0 Å². The number of fused-ring (bicyclic) bond motifs is 1. The zero-order valence-corrected chi connectivity index (χ0v) is 15.0. The molecule has 3 aromatic rings. The number of alkyl halides is 3. The third-order valence-electron chi connectivity index (χ3n) is 3.94. The highest BCUT2D eigenvalue weighted by atomic mass is 32.1. The number of carbonyl (C=O) groups excluding carboxylic acids is 1. The first kappa shape index (κ1) is 20.0. The molecule has 2 atom stereocenters. The van der Waals surface area contributed by atoms with E-state index in [9.17, 15) is 33.3 Å². The Balaban J connectivity index is 2.28. The number of nitrogens with zero attached hydrogens (tertiary/aromatic N) is 2. The monoisotopic (exact) mass is 413 g/mol. The first-order chi connectivity index (χ1) is 13.1. The maximum absolute atomic E-state index is 13.3. The Morgan fingerprint density at radius 3 is 2.57 bits per heavy atom. The Labute approximate surface area is 160 Å². The van der Waals surface area contributed by atoms with Gasteiger partial charge in [-0.3, -0.25) is 10.1 Å². The summed E-state index contributed by atoms with van der Waals surface area (Å²) in [5.41, 5.74) is -2.92. The van der Waals surface area contributed by atoms with Gasteiger partial charge in [0, 0.05) is 17.0 Å². The summed E-state index contributed by atoms with van der Waals surface area (Å²) in [5.74, 6) is -1.73. The number of aliphatic hydroxyl groups is 2. The second-order valence-electron chi connectivity index (χ2n) is 5.90. The van der Waals surface area contributed by atoms with E-state index >= 15 is 0 Å². The molecule has 0 spiro atoms. The molecule has 3 rings (SSSR count). The van der Waals surface area contributed by atoms with E-state index in [2.05, 4.69) is 15.3 Å². The molecule has 2 aromatic heterocycles. The molecule has 0 aliphatic carbocycles. The van der Waals surface area contributed by atoms with Crippen LogP contribution >= 0.6 is 11.3 Å². The van der Waals surface area contributed by atoms with E-state index in [0.29, 0.717) is 0 Å². The largest absolute Gasteiger partial charge is 0.506 e. The van der Waals surface area contributed by atoms with E-state index in [0.717, 1.165) is 23.5 Å². The van der Waals surface area contributed by atoms with Crippen molar-refractivity contribution in [3.63, 3.8) is 0 Å². The summed E-state index contributed by atoms with van der Waals surface area (Å²) < 4.78 is 40.0. The maximum Gasteiger partial charge on any atom is 0.418 e. The van der Waals surface area contributed by atoms with Gasteiger partial charge in [0.15, 0.2) is 5.13 Å². The highest BCUT2D eigenvalue weighted by Crippen LogP contribution is 2.40. The number of pyridine rings is 1. The molecule has 0 bridgehead atoms. The molecule has 148 valence electrons. The summed E-state index contributed by atoms with van der Waals surface area (Å²) >= 11 is 1.08. The van der Waals surface area contributed by atoms with E-state index in [1.807, 2.05) is 0 Å². The average Bonchev–Trinajstić information content (AvgIpc) is 3.12. The van der Waals surface area contributed by atoms with Crippen molar-refractivity contribution in [1.29, 1.82) is 0 Å². The van der Waals surface area contributed by atoms with Crippen LogP contribution in [0.25, 0.3) is 10.9 Å². The van der Waals surface area contributed by atoms with Gasteiger partial charge in [0.05, 0.1) is 22.9 Å². The fourth-order valence-electron chi connectivity index (χ4n) is 2.63. The standard InChI is InChI=1S/C17H14F3N3O4S/c1-7(24)13(25)12-10(15(27)23-16-21-5-6-28-16)14(26)8-3-2-4-9(11(8)22-12)17(18,19)20/h2-7,13,24-25H,1H3,(H,22,26)(H,21,23,27). The van der Waals surface area contributed by atoms with Crippen LogP contribution in [0.15, 0.2) is 29.8 Å². The first-order valence-electron chi connectivity index (χ1n) is 7.91. The Hall–Kier alpha value is -2.76. The summed E-state index contributed by atoms with van der Waals surface area (Å²) in [6, 6.07) is 3.01. The molecule has 0 saturated carbocycles. The zero-order chi connectivity index (χ0) is 20.6. The number of nitrogens with one attached hydrogen (secondary N) is 1. The third-order valence-corrected chi connectivity index (χ3v) is 4.63. The van der Waals surface area contributed by atoms with E-state index < -0.39 is 52.4 Å². The second kappa shape index (κ2) is 7.34. The number of aromatic hydroxyl groups is 1. The fourth-order valence-corrected chi connectivity index (χ4v) is 3.15. The molecule has 1 aromatic carbocycles. The predicted octanol–water partition coefficient (Wildman–Crippen LogP) is 3.08. The minimum absolute atomic E-state index is 0.172. The van der Waals surface area contributed by atoms with E-state index in [1.54, 1.807) is 5.38 Å². The van der Waals surface area contributed by atoms with Crippen molar-refractivity contribution in [2.24, 2.45) is 0 Å². The lowest BCUT2D eigenvalue weighted by Crippen LogP contribution is -2.23. The van der Waals surface area contributed by atoms with E-state index in [1.165, 1.54) is 19.2 Å². The van der Waals surface area contributed by atoms with Gasteiger partial charge in [-0.25, -0.2) is 9.97 Å². The predicted molar refractivity (Wildman–Crippen MR) is 95.1 cm³/mol. The minimum Gasteiger partial charge on any atom is -0.506 e. The number of aliphatic hydroxyl groups excluding tert-OH is 2. The molecule has 0 aliphatic rings. The first-order valence-corrected chi connectivity index (χ1v) is 8.79. The number of anilines is 1. The average molecular weight is 413 g/mol. The number of rotatable bonds is 4. The molecule has 7 nitrogen and oxygen atoms in total. The van der Waals surface area contributed by atoms with Crippen LogP contribution in [0.1, 0.15) is 34.6 Å². The van der Waals surface area contributed by atoms with Crippen molar-refractivity contribution < 1.29 is 33.3 Å². The normalized spacial score (nSPS) is 14.1. The van der Waals surface area contributed by atoms with Crippen molar-refractivity contribution in [2.45, 2.75) is 25.3 Å². The van der Waals surface area contributed by atoms with Gasteiger partial charge in [-0.2, -0.15) is 13.2 Å². The fraction of sp³-hybridized carbons (Fsp3) is 0.235. The van der Waals surface area contributed by atoms with Crippen LogP contribution in [0, 0.1) is 0 Å². The smallest absolute Gasteiger partial charge is 0.418 e. The number of hydrogen-bond donors (Lipinski definition) is 4. The molecular formula is C17H14F3N3O4S. The molecule has 2 unspecified atom stereocenters. The molecule has 11 heteroatoms. The molecular weight excluding hydrogens is 399 g/mol. The van der Waals surface area contributed by atoms with E-state index in [-0.39, 0.29) is 10.5 Å². The maximum atomic E-state index is 13.3. The topological polar surface area (TPSA) is 116 Å². The summed E-state index contributed by atoms with van der Waals surface area (Å²) in [7, 11) is 0. The molecule has 0 aliphatic heterocycles. The van der Waals surface area contributed by atoms with Gasteiger partial charge < -0.3 is 15.3 Å². The van der Waals surface area contributed by atoms with Gasteiger partial charge in [-0.1, -0.05) is 6.07 Å². The zero-order valence-electron chi connectivity index (χ0n) is 14.2. The van der Waals surface area contributed by atoms with Crippen molar-refractivity contribution in [3.05, 3.63) is 46.6 Å². The lowest BCUT2D eigenvalue weighted by molar-refractivity contribution is -0.136. The summed E-state index contributed by atoms with van der Waals surface area (Å²) in [4.78, 5) is 20.3. The quantitative estimate of drug-likeness (QED) is 0.523. The lowest BCUT2D eigenvalue weighted by atomic mass is 9.99. The van der Waals surface area contributed by atoms with Crippen LogP contribution in [-0.4, -0.2) is 37.3 Å². The van der Waals surface area contributed by atoms with Crippen LogP contribution in [0.4, 0.5) is 18.3 Å². The van der Waals surface area contributed by atoms with Gasteiger partial charge in [0.25, 0.3) is 5.91 Å². The molecule has 0 fully saturated rings. The Morgan fingerprint density at radius 1 is 1.29 bits per heavy atom. The van der Waals surface area contributed by atoms with E-state index in [4.69, 9.17) is 0 Å². The van der Waals surface area contributed by atoms with Crippen LogP contribution in [-0.2, 0) is 6.18 Å². The SMILES string of the molecule is CC(O)C(O)c1nc2c(C(F)(F)F)cccc2c(O)c1C(=O)Nc1nccs1. The van der Waals surface area contributed by atoms with Gasteiger partial charge in [-0.15, -0.1) is 11.3 Å². The Kier molecular flexibility index (Phi) is 5.24. The van der Waals surface area contributed by atoms with Crippen molar-refractivity contribution in [2.75, 3.05) is 5.32 Å². The van der Waals surface area contributed by atoms with Gasteiger partial charge in [-0.05, 0) is 19.1 Å². The summed E-state index contributed by atoms with van der Waals surface area (Å²) in [5, 5.41) is 34.3. The van der Waals surface area contributed by atoms with Crippen LogP contribution < -0.4 is 5.32 Å². The van der Waals surface area contributed by atoms with Crippen LogP contribution in [0.5, 0.6) is 5.75 Å². The summed E-state index contributed by atoms with van der Waals surface area (Å²) in [6.07, 6.45) is -6.64. The van der Waals surface area contributed by atoms with Gasteiger partial charge >= 0.3 is 6.18 Å². The number of amides is 1. The molecule has 0 saturated heterocycles. The highest BCUT2D eigenvalue weighted by molar-refractivity contribution is 7.13. The molecule has 28 heavy (non-hydrogen) atoms. The van der Waals surface area contributed by atoms with Crippen molar-refractivity contribution in [3.8, 4) is 5.75 Å². The minimum atomic E-state index is -4.78. The number of thiazole rings is 1. The Morgan fingerprint density at radius 2 is 2.00 bits per heavy atom. The number of hydrogen-bond acceptors (Lipinski definition) is 7. The molecule has 4 N–H and O–H groups in total. The van der Waals surface area contributed by atoms with Gasteiger partial charge in [0.1, 0.15) is 17.4 Å². The number of para-hydroxylation sites is 1. The number of benzene rings is 1. The molecule has 0 radical (unpaired) electrons. The second-order valence-corrected chi connectivity index (χ2v) is 6.79. The molecule has 1 amide bonds. The number of carbonyl (C=O) groups is 1. The number of halogens is 3. The Bertz CT molecular complexity index is 1020. The highest BCUT2D eigenvalue weighted by Gasteiger charge is 2.36. The van der Waals surface area contributed by atoms with Crippen molar-refractivity contribution in [1.82, 2.24) is 9.97 Å².